The summed E-state index contributed by atoms with van der Waals surface area (Å²) in [5.41, 5.74) is 6.71. The van der Waals surface area contributed by atoms with Gasteiger partial charge in [0.2, 0.25) is 15.9 Å². The second-order valence-electron chi connectivity index (χ2n) is 14.7. The van der Waals surface area contributed by atoms with Gasteiger partial charge >= 0.3 is 11.9 Å². The number of aryl methyl sites for hydroxylation is 1. The molecule has 0 unspecified atom stereocenters. The van der Waals surface area contributed by atoms with Gasteiger partial charge in [0, 0.05) is 24.4 Å². The molecule has 0 fully saturated rings. The van der Waals surface area contributed by atoms with Gasteiger partial charge in [-0.05, 0) is 70.6 Å². The summed E-state index contributed by atoms with van der Waals surface area (Å²) in [4.78, 5) is 41.9. The summed E-state index contributed by atoms with van der Waals surface area (Å²) in [7, 11) is -2.69. The summed E-state index contributed by atoms with van der Waals surface area (Å²) < 4.78 is 40.3. The van der Waals surface area contributed by atoms with Crippen LogP contribution in [0.15, 0.2) is 181 Å². The second kappa shape index (κ2) is 19.4. The SMILES string of the molecule is Cc1ccc(S(=O)(=O)N(C)CC(=O)N(Cc2ccc(-c3cccc(C(=O)O)c3-c3ccccc3)cc2)c2ccc(C(=O)OCc3ccccc3)c(OCc3ccccc3)c2)cc1. The van der Waals surface area contributed by atoms with E-state index in [-0.39, 0.29) is 41.5 Å². The number of anilines is 1. The molecule has 0 aromatic heterocycles. The Labute approximate surface area is 361 Å². The fraction of sp³-hybridized carbons (Fsp3) is 0.118. The molecule has 1 N–H and O–H groups in total. The Hall–Kier alpha value is -7.34. The van der Waals surface area contributed by atoms with Gasteiger partial charge in [-0.15, -0.1) is 0 Å². The number of sulfonamides is 1. The van der Waals surface area contributed by atoms with Gasteiger partial charge < -0.3 is 19.5 Å². The van der Waals surface area contributed by atoms with Crippen molar-refractivity contribution in [1.29, 1.82) is 0 Å². The van der Waals surface area contributed by atoms with E-state index in [1.807, 2.05) is 128 Å². The van der Waals surface area contributed by atoms with Crippen LogP contribution in [0.3, 0.4) is 0 Å². The van der Waals surface area contributed by atoms with Crippen LogP contribution in [0.2, 0.25) is 0 Å². The summed E-state index contributed by atoms with van der Waals surface area (Å²) in [6, 6.07) is 51.7. The lowest BCUT2D eigenvalue weighted by Crippen LogP contribution is -2.41. The predicted molar refractivity (Wildman–Crippen MR) is 239 cm³/mol. The first-order chi connectivity index (χ1) is 30.0. The zero-order valence-electron chi connectivity index (χ0n) is 34.2. The molecule has 0 bridgehead atoms. The van der Waals surface area contributed by atoms with Gasteiger partial charge in [-0.25, -0.2) is 18.0 Å². The Morgan fingerprint density at radius 2 is 1.23 bits per heavy atom. The van der Waals surface area contributed by atoms with Crippen LogP contribution >= 0.6 is 0 Å². The Bertz CT molecular complexity index is 2780. The monoisotopic (exact) mass is 844 g/mol. The fourth-order valence-electron chi connectivity index (χ4n) is 6.94. The fourth-order valence-corrected chi connectivity index (χ4v) is 8.06. The molecule has 0 saturated heterocycles. The highest BCUT2D eigenvalue weighted by Gasteiger charge is 2.28. The topological polar surface area (TPSA) is 131 Å². The molecule has 7 aromatic carbocycles. The third kappa shape index (κ3) is 10.2. The third-order valence-corrected chi connectivity index (χ3v) is 12.1. The van der Waals surface area contributed by atoms with Crippen molar-refractivity contribution < 1.29 is 37.4 Å². The molecule has 0 radical (unpaired) electrons. The van der Waals surface area contributed by atoms with Crippen molar-refractivity contribution in [2.45, 2.75) is 31.6 Å². The van der Waals surface area contributed by atoms with Crippen LogP contribution in [0, 0.1) is 6.92 Å². The van der Waals surface area contributed by atoms with E-state index in [1.165, 1.54) is 24.1 Å². The number of carboxylic acid groups (broad SMARTS) is 1. The molecule has 0 spiro atoms. The maximum atomic E-state index is 14.5. The van der Waals surface area contributed by atoms with Gasteiger partial charge in [-0.3, -0.25) is 4.79 Å². The number of hydrogen-bond acceptors (Lipinski definition) is 7. The van der Waals surface area contributed by atoms with Gasteiger partial charge in [0.15, 0.2) is 0 Å². The smallest absolute Gasteiger partial charge is 0.342 e. The normalized spacial score (nSPS) is 11.2. The number of rotatable bonds is 16. The van der Waals surface area contributed by atoms with Crippen LogP contribution in [-0.4, -0.2) is 49.3 Å². The van der Waals surface area contributed by atoms with E-state index >= 15 is 0 Å². The molecule has 0 heterocycles. The molecular weight excluding hydrogens is 801 g/mol. The minimum Gasteiger partial charge on any atom is -0.488 e. The van der Waals surface area contributed by atoms with E-state index < -0.39 is 34.4 Å². The first-order valence-electron chi connectivity index (χ1n) is 19.8. The van der Waals surface area contributed by atoms with Crippen molar-refractivity contribution in [1.82, 2.24) is 4.31 Å². The predicted octanol–water partition coefficient (Wildman–Crippen LogP) is 9.82. The van der Waals surface area contributed by atoms with Gasteiger partial charge in [0.25, 0.3) is 0 Å². The molecular formula is C51H44N2O8S. The number of likely N-dealkylation sites (N-methyl/N-ethyl adjacent to an activating group) is 1. The number of aromatic carboxylic acids is 1. The van der Waals surface area contributed by atoms with E-state index in [2.05, 4.69) is 0 Å². The lowest BCUT2D eigenvalue weighted by Gasteiger charge is -2.27. The van der Waals surface area contributed by atoms with Gasteiger partial charge in [0.05, 0.1) is 23.5 Å². The number of amides is 1. The molecule has 10 nitrogen and oxygen atoms in total. The highest BCUT2D eigenvalue weighted by molar-refractivity contribution is 7.89. The molecule has 0 atom stereocenters. The minimum atomic E-state index is -4.05. The quantitative estimate of drug-likeness (QED) is 0.0952. The highest BCUT2D eigenvalue weighted by atomic mass is 32.2. The van der Waals surface area contributed by atoms with E-state index in [0.717, 1.165) is 32.1 Å². The molecule has 7 aromatic rings. The van der Waals surface area contributed by atoms with E-state index in [0.29, 0.717) is 22.4 Å². The van der Waals surface area contributed by atoms with E-state index in [4.69, 9.17) is 9.47 Å². The average Bonchev–Trinajstić information content (AvgIpc) is 3.30. The van der Waals surface area contributed by atoms with Gasteiger partial charge in [-0.1, -0.05) is 145 Å². The molecule has 0 aliphatic rings. The van der Waals surface area contributed by atoms with Crippen LogP contribution in [-0.2, 0) is 39.3 Å². The number of nitrogens with zero attached hydrogens (tertiary/aromatic N) is 2. The maximum absolute atomic E-state index is 14.5. The summed E-state index contributed by atoms with van der Waals surface area (Å²) in [5.74, 6) is -2.04. The Morgan fingerprint density at radius 1 is 0.613 bits per heavy atom. The molecule has 7 rings (SSSR count). The summed E-state index contributed by atoms with van der Waals surface area (Å²) >= 11 is 0. The highest BCUT2D eigenvalue weighted by Crippen LogP contribution is 2.36. The number of esters is 1. The number of benzene rings is 7. The average molecular weight is 845 g/mol. The summed E-state index contributed by atoms with van der Waals surface area (Å²) in [5, 5.41) is 10.1. The number of carbonyl (C=O) groups excluding carboxylic acids is 2. The van der Waals surface area contributed by atoms with Crippen molar-refractivity contribution in [3.63, 3.8) is 0 Å². The number of hydrogen-bond donors (Lipinski definition) is 1. The van der Waals surface area contributed by atoms with Gasteiger partial charge in [0.1, 0.15) is 24.5 Å². The van der Waals surface area contributed by atoms with Crippen LogP contribution < -0.4 is 9.64 Å². The number of ether oxygens (including phenoxy) is 2. The van der Waals surface area contributed by atoms with Crippen molar-refractivity contribution in [2.24, 2.45) is 0 Å². The minimum absolute atomic E-state index is 0.00810. The summed E-state index contributed by atoms with van der Waals surface area (Å²) in [6.07, 6.45) is 0. The van der Waals surface area contributed by atoms with Crippen LogP contribution in [0.25, 0.3) is 22.3 Å². The second-order valence-corrected chi connectivity index (χ2v) is 16.7. The molecule has 62 heavy (non-hydrogen) atoms. The summed E-state index contributed by atoms with van der Waals surface area (Å²) in [6.45, 7) is 1.51. The molecule has 312 valence electrons. The molecule has 0 aliphatic heterocycles. The molecule has 0 saturated carbocycles. The van der Waals surface area contributed by atoms with Crippen molar-refractivity contribution >= 4 is 33.6 Å². The van der Waals surface area contributed by atoms with Crippen LogP contribution in [0.4, 0.5) is 5.69 Å². The zero-order chi connectivity index (χ0) is 43.6. The Kier molecular flexibility index (Phi) is 13.4. The molecule has 11 heteroatoms. The molecule has 0 aliphatic carbocycles. The van der Waals surface area contributed by atoms with Crippen molar-refractivity contribution in [3.05, 3.63) is 209 Å². The standard InChI is InChI=1S/C51H44N2O8S/c1-36-21-28-43(29-22-36)62(58,59)52(2)33-48(54)53(32-37-23-25-40(26-24-37)44-19-12-20-46(50(55)56)49(44)41-17-10-5-11-18-41)42-27-30-45(51(57)61-35-39-15-8-4-9-16-39)47(31-42)60-34-38-13-6-3-7-14-38/h3-31H,32-35H2,1-2H3,(H,55,56). The lowest BCUT2D eigenvalue weighted by molar-refractivity contribution is -0.118. The molecule has 1 amide bonds. The maximum Gasteiger partial charge on any atom is 0.342 e. The first kappa shape index (κ1) is 42.8. The number of carbonyl (C=O) groups is 3. The zero-order valence-corrected chi connectivity index (χ0v) is 35.0. The van der Waals surface area contributed by atoms with Crippen LogP contribution in [0.1, 0.15) is 43.0 Å². The Morgan fingerprint density at radius 3 is 1.85 bits per heavy atom. The number of carboxylic acids is 1. The van der Waals surface area contributed by atoms with Crippen LogP contribution in [0.5, 0.6) is 5.75 Å². The van der Waals surface area contributed by atoms with E-state index in [9.17, 15) is 27.9 Å². The van der Waals surface area contributed by atoms with Crippen molar-refractivity contribution in [2.75, 3.05) is 18.5 Å². The third-order valence-electron chi connectivity index (χ3n) is 10.3. The largest absolute Gasteiger partial charge is 0.488 e. The Balaban J connectivity index is 1.24. The van der Waals surface area contributed by atoms with Gasteiger partial charge in [-0.2, -0.15) is 4.31 Å². The lowest BCUT2D eigenvalue weighted by atomic mass is 9.90. The van der Waals surface area contributed by atoms with Crippen molar-refractivity contribution in [3.8, 4) is 28.0 Å². The first-order valence-corrected chi connectivity index (χ1v) is 21.3. The van der Waals surface area contributed by atoms with E-state index in [1.54, 1.807) is 42.5 Å².